The zero-order valence-corrected chi connectivity index (χ0v) is 14.2. The fourth-order valence-corrected chi connectivity index (χ4v) is 2.61. The predicted octanol–water partition coefficient (Wildman–Crippen LogP) is 2.74. The Hall–Kier alpha value is -2.12. The summed E-state index contributed by atoms with van der Waals surface area (Å²) in [4.78, 5) is 13.2. The van der Waals surface area contributed by atoms with Crippen molar-refractivity contribution in [2.45, 2.75) is 13.3 Å². The second-order valence-electron chi connectivity index (χ2n) is 5.71. The Bertz CT molecular complexity index is 597. The third-order valence-electron chi connectivity index (χ3n) is 3.92. The number of methoxy groups -OCH3 is 1. The van der Waals surface area contributed by atoms with Gasteiger partial charge in [0.1, 0.15) is 0 Å². The summed E-state index contributed by atoms with van der Waals surface area (Å²) in [6.45, 7) is 10.3. The van der Waals surface area contributed by atoms with Gasteiger partial charge in [0.25, 0.3) is 5.69 Å². The van der Waals surface area contributed by atoms with E-state index < -0.39 is 4.92 Å². The molecule has 0 radical (unpaired) electrons. The van der Waals surface area contributed by atoms with Gasteiger partial charge in [0, 0.05) is 19.6 Å². The number of rotatable bonds is 8. The van der Waals surface area contributed by atoms with E-state index in [1.807, 2.05) is 0 Å². The van der Waals surface area contributed by atoms with Gasteiger partial charge in [-0.1, -0.05) is 6.58 Å². The van der Waals surface area contributed by atoms with Crippen molar-refractivity contribution in [3.05, 3.63) is 34.4 Å². The molecule has 0 atom stereocenters. The summed E-state index contributed by atoms with van der Waals surface area (Å²) < 4.78 is 16.3. The summed E-state index contributed by atoms with van der Waals surface area (Å²) in [5.74, 6) is 0.862. The molecular formula is C17H24N2O5. The lowest BCUT2D eigenvalue weighted by atomic mass is 10.1. The second kappa shape index (κ2) is 8.65. The number of hydrogen-bond acceptors (Lipinski definition) is 6. The molecule has 1 heterocycles. The average Bonchev–Trinajstić information content (AvgIpc) is 2.58. The summed E-state index contributed by atoms with van der Waals surface area (Å²) in [7, 11) is 1.52. The Kier molecular flexibility index (Phi) is 6.57. The van der Waals surface area contributed by atoms with Crippen LogP contribution in [0.4, 0.5) is 5.69 Å². The van der Waals surface area contributed by atoms with Gasteiger partial charge in [0.2, 0.25) is 0 Å². The Morgan fingerprint density at radius 1 is 1.38 bits per heavy atom. The van der Waals surface area contributed by atoms with Gasteiger partial charge >= 0.3 is 0 Å². The van der Waals surface area contributed by atoms with Crippen LogP contribution in [0.25, 0.3) is 5.57 Å². The summed E-state index contributed by atoms with van der Waals surface area (Å²) in [5, 5.41) is 11.3. The highest BCUT2D eigenvalue weighted by molar-refractivity contribution is 5.73. The van der Waals surface area contributed by atoms with Crippen LogP contribution < -0.4 is 9.47 Å². The number of ether oxygens (including phenoxy) is 3. The van der Waals surface area contributed by atoms with E-state index in [1.165, 1.54) is 13.2 Å². The number of benzene rings is 1. The van der Waals surface area contributed by atoms with Crippen LogP contribution in [0, 0.1) is 10.1 Å². The molecule has 0 bridgehead atoms. The topological polar surface area (TPSA) is 74.1 Å². The summed E-state index contributed by atoms with van der Waals surface area (Å²) >= 11 is 0. The second-order valence-corrected chi connectivity index (χ2v) is 5.71. The van der Waals surface area contributed by atoms with Gasteiger partial charge in [-0.2, -0.15) is 0 Å². The predicted molar refractivity (Wildman–Crippen MR) is 91.7 cm³/mol. The average molecular weight is 336 g/mol. The third-order valence-corrected chi connectivity index (χ3v) is 3.92. The Labute approximate surface area is 142 Å². The van der Waals surface area contributed by atoms with Gasteiger partial charge in [0.05, 0.1) is 43.5 Å². The maximum atomic E-state index is 11.3. The van der Waals surface area contributed by atoms with E-state index in [0.29, 0.717) is 29.2 Å². The quantitative estimate of drug-likeness (QED) is 0.413. The van der Waals surface area contributed by atoms with Gasteiger partial charge in [0.15, 0.2) is 11.5 Å². The van der Waals surface area contributed by atoms with Crippen molar-refractivity contribution in [3.8, 4) is 11.5 Å². The first-order valence-electron chi connectivity index (χ1n) is 7.98. The monoisotopic (exact) mass is 336 g/mol. The fraction of sp³-hybridized carbons (Fsp3) is 0.529. The van der Waals surface area contributed by atoms with Gasteiger partial charge in [-0.3, -0.25) is 15.0 Å². The number of morpholine rings is 1. The molecular weight excluding hydrogens is 312 g/mol. The molecule has 1 aromatic rings. The van der Waals surface area contributed by atoms with E-state index in [-0.39, 0.29) is 5.69 Å². The zero-order valence-electron chi connectivity index (χ0n) is 14.2. The lowest BCUT2D eigenvalue weighted by Crippen LogP contribution is -2.37. The normalized spacial score (nSPS) is 15.1. The minimum absolute atomic E-state index is 0.0218. The molecule has 7 nitrogen and oxygen atoms in total. The molecule has 0 spiro atoms. The molecule has 0 saturated carbocycles. The highest BCUT2D eigenvalue weighted by atomic mass is 16.6. The molecule has 1 aliphatic heterocycles. The van der Waals surface area contributed by atoms with Crippen molar-refractivity contribution in [1.82, 2.24) is 4.90 Å². The van der Waals surface area contributed by atoms with E-state index in [2.05, 4.69) is 11.5 Å². The fourth-order valence-electron chi connectivity index (χ4n) is 2.61. The third kappa shape index (κ3) is 4.69. The molecule has 1 saturated heterocycles. The number of hydrogen-bond donors (Lipinski definition) is 0. The Morgan fingerprint density at radius 2 is 2.08 bits per heavy atom. The molecule has 0 unspecified atom stereocenters. The SMILES string of the molecule is C=C(C)c1cc(OC)c(OCCCN2CCOCC2)cc1[N+](=O)[O-]. The highest BCUT2D eigenvalue weighted by Crippen LogP contribution is 2.37. The largest absolute Gasteiger partial charge is 0.493 e. The summed E-state index contributed by atoms with van der Waals surface area (Å²) in [6.07, 6.45) is 0.833. The van der Waals surface area contributed by atoms with Crippen LogP contribution in [-0.2, 0) is 4.74 Å². The zero-order chi connectivity index (χ0) is 17.5. The molecule has 24 heavy (non-hydrogen) atoms. The summed E-state index contributed by atoms with van der Waals surface area (Å²) in [6, 6.07) is 3.02. The number of nitrogens with zero attached hydrogens (tertiary/aromatic N) is 2. The van der Waals surface area contributed by atoms with E-state index in [1.54, 1.807) is 13.0 Å². The molecule has 1 aliphatic rings. The van der Waals surface area contributed by atoms with Crippen molar-refractivity contribution in [2.75, 3.05) is 46.6 Å². The van der Waals surface area contributed by atoms with Crippen molar-refractivity contribution >= 4 is 11.3 Å². The van der Waals surface area contributed by atoms with Crippen molar-refractivity contribution in [3.63, 3.8) is 0 Å². The molecule has 1 aromatic carbocycles. The first kappa shape index (κ1) is 18.2. The van der Waals surface area contributed by atoms with E-state index in [4.69, 9.17) is 14.2 Å². The van der Waals surface area contributed by atoms with Crippen LogP contribution in [0.1, 0.15) is 18.9 Å². The van der Waals surface area contributed by atoms with Gasteiger partial charge in [-0.15, -0.1) is 0 Å². The molecule has 1 fully saturated rings. The molecule has 0 aliphatic carbocycles. The number of nitro benzene ring substituents is 1. The van der Waals surface area contributed by atoms with E-state index in [0.717, 1.165) is 39.3 Å². The van der Waals surface area contributed by atoms with Crippen molar-refractivity contribution in [2.24, 2.45) is 0 Å². The van der Waals surface area contributed by atoms with E-state index in [9.17, 15) is 10.1 Å². The van der Waals surface area contributed by atoms with Crippen LogP contribution >= 0.6 is 0 Å². The molecule has 2 rings (SSSR count). The maximum absolute atomic E-state index is 11.3. The molecule has 0 amide bonds. The first-order chi connectivity index (χ1) is 11.5. The van der Waals surface area contributed by atoms with Crippen molar-refractivity contribution in [1.29, 1.82) is 0 Å². The van der Waals surface area contributed by atoms with Gasteiger partial charge in [-0.25, -0.2) is 0 Å². The highest BCUT2D eigenvalue weighted by Gasteiger charge is 2.20. The first-order valence-corrected chi connectivity index (χ1v) is 7.98. The van der Waals surface area contributed by atoms with Gasteiger partial charge < -0.3 is 14.2 Å². The molecule has 7 heteroatoms. The minimum atomic E-state index is -0.427. The maximum Gasteiger partial charge on any atom is 0.280 e. The Balaban J connectivity index is 2.01. The smallest absolute Gasteiger partial charge is 0.280 e. The van der Waals surface area contributed by atoms with Crippen LogP contribution in [0.15, 0.2) is 18.7 Å². The molecule has 132 valence electrons. The number of allylic oxidation sites excluding steroid dienone is 1. The number of nitro groups is 1. The lowest BCUT2D eigenvalue weighted by molar-refractivity contribution is -0.385. The van der Waals surface area contributed by atoms with Gasteiger partial charge in [-0.05, 0) is 25.0 Å². The van der Waals surface area contributed by atoms with E-state index >= 15 is 0 Å². The van der Waals surface area contributed by atoms with Crippen molar-refractivity contribution < 1.29 is 19.1 Å². The molecule has 0 aromatic heterocycles. The van der Waals surface area contributed by atoms with Crippen LogP contribution in [0.5, 0.6) is 11.5 Å². The summed E-state index contributed by atoms with van der Waals surface area (Å²) in [5.41, 5.74) is 1.04. The van der Waals surface area contributed by atoms with Crippen LogP contribution in [0.2, 0.25) is 0 Å². The van der Waals surface area contributed by atoms with Crippen LogP contribution in [-0.4, -0.2) is 56.4 Å². The standard InChI is InChI=1S/C17H24N2O5/c1-13(2)14-11-16(22-3)17(12-15(14)19(20)21)24-8-4-5-18-6-9-23-10-7-18/h11-12H,1,4-10H2,2-3H3. The minimum Gasteiger partial charge on any atom is -0.493 e. The Morgan fingerprint density at radius 3 is 2.67 bits per heavy atom. The molecule has 0 N–H and O–H groups in total. The lowest BCUT2D eigenvalue weighted by Gasteiger charge is -2.26. The van der Waals surface area contributed by atoms with Crippen LogP contribution in [0.3, 0.4) is 0 Å².